The van der Waals surface area contributed by atoms with Crippen LogP contribution in [-0.2, 0) is 4.79 Å². The van der Waals surface area contributed by atoms with Gasteiger partial charge in [0.1, 0.15) is 11.5 Å². The molecule has 1 N–H and O–H groups in total. The summed E-state index contributed by atoms with van der Waals surface area (Å²) in [5.41, 5.74) is 2.33. The number of hydrogen-bond donors (Lipinski definition) is 1. The second-order valence-electron chi connectivity index (χ2n) is 8.66. The number of nitriles is 1. The van der Waals surface area contributed by atoms with E-state index in [0.29, 0.717) is 35.4 Å². The average molecular weight is 438 g/mol. The smallest absolute Gasteiger partial charge is 0.281 e. The SMILES string of the molecule is CC1=C(C#N)[C@@H](c2ccc(-c3ccc(Cl)cc3[N+](=O)[O-])o2)C2=C(CC(C)(C)CC2=O)N1. The number of rotatable bonds is 3. The highest BCUT2D eigenvalue weighted by Gasteiger charge is 2.42. The average Bonchev–Trinajstić information content (AvgIpc) is 3.15. The molecule has 0 saturated heterocycles. The predicted molar refractivity (Wildman–Crippen MR) is 115 cm³/mol. The van der Waals surface area contributed by atoms with Gasteiger partial charge in [0.05, 0.1) is 28.0 Å². The van der Waals surface area contributed by atoms with Crippen LogP contribution in [-0.4, -0.2) is 10.7 Å². The van der Waals surface area contributed by atoms with E-state index in [2.05, 4.69) is 11.4 Å². The molecule has 2 aliphatic rings. The van der Waals surface area contributed by atoms with Gasteiger partial charge in [-0.05, 0) is 43.0 Å². The van der Waals surface area contributed by atoms with Gasteiger partial charge in [0.2, 0.25) is 0 Å². The number of hydrogen-bond acceptors (Lipinski definition) is 6. The minimum Gasteiger partial charge on any atom is -0.460 e. The maximum absolute atomic E-state index is 13.1. The van der Waals surface area contributed by atoms with Gasteiger partial charge in [-0.2, -0.15) is 5.26 Å². The summed E-state index contributed by atoms with van der Waals surface area (Å²) in [5, 5.41) is 24.8. The topological polar surface area (TPSA) is 109 Å². The van der Waals surface area contributed by atoms with Gasteiger partial charge in [-0.15, -0.1) is 0 Å². The minimum absolute atomic E-state index is 0.0283. The fourth-order valence-corrected chi connectivity index (χ4v) is 4.55. The number of Topliss-reactive ketones (excluding diaryl/α,β-unsaturated/α-hetero) is 1. The summed E-state index contributed by atoms with van der Waals surface area (Å²) in [5.74, 6) is -0.000774. The van der Waals surface area contributed by atoms with Gasteiger partial charge in [-0.25, -0.2) is 0 Å². The first-order chi connectivity index (χ1) is 14.6. The van der Waals surface area contributed by atoms with Gasteiger partial charge in [0.25, 0.3) is 5.69 Å². The number of benzene rings is 1. The molecule has 7 nitrogen and oxygen atoms in total. The zero-order valence-corrected chi connectivity index (χ0v) is 18.0. The first-order valence-electron chi connectivity index (χ1n) is 9.79. The summed E-state index contributed by atoms with van der Waals surface area (Å²) < 4.78 is 6.02. The highest BCUT2D eigenvalue weighted by Crippen LogP contribution is 2.47. The molecule has 8 heteroatoms. The zero-order valence-electron chi connectivity index (χ0n) is 17.3. The van der Waals surface area contributed by atoms with Crippen LogP contribution in [0, 0.1) is 26.9 Å². The van der Waals surface area contributed by atoms with Crippen LogP contribution in [0.3, 0.4) is 0 Å². The fraction of sp³-hybridized carbons (Fsp3) is 0.304. The number of allylic oxidation sites excluding steroid dienone is 4. The van der Waals surface area contributed by atoms with E-state index in [1.54, 1.807) is 25.1 Å². The third kappa shape index (κ3) is 3.64. The van der Waals surface area contributed by atoms with Gasteiger partial charge in [0, 0.05) is 34.5 Å². The van der Waals surface area contributed by atoms with E-state index in [9.17, 15) is 20.2 Å². The lowest BCUT2D eigenvalue weighted by Crippen LogP contribution is -2.36. The van der Waals surface area contributed by atoms with Gasteiger partial charge in [0.15, 0.2) is 5.78 Å². The molecule has 0 bridgehead atoms. The molecule has 0 saturated carbocycles. The Morgan fingerprint density at radius 3 is 2.71 bits per heavy atom. The molecular formula is C23H20ClN3O4. The lowest BCUT2D eigenvalue weighted by atomic mass is 9.70. The van der Waals surface area contributed by atoms with Crippen molar-refractivity contribution in [2.45, 2.75) is 39.5 Å². The number of carbonyl (C=O) groups is 1. The number of nitro benzene ring substituents is 1. The van der Waals surface area contributed by atoms with Crippen molar-refractivity contribution in [3.63, 3.8) is 0 Å². The molecule has 0 fully saturated rings. The maximum atomic E-state index is 13.1. The summed E-state index contributed by atoms with van der Waals surface area (Å²) in [6.07, 6.45) is 1.05. The first-order valence-corrected chi connectivity index (χ1v) is 10.2. The van der Waals surface area contributed by atoms with Crippen LogP contribution in [0.25, 0.3) is 11.3 Å². The van der Waals surface area contributed by atoms with Crippen molar-refractivity contribution < 1.29 is 14.1 Å². The highest BCUT2D eigenvalue weighted by molar-refractivity contribution is 6.30. The van der Waals surface area contributed by atoms with Crippen molar-refractivity contribution >= 4 is 23.1 Å². The van der Waals surface area contributed by atoms with E-state index in [4.69, 9.17) is 16.0 Å². The standard InChI is InChI=1S/C23H20ClN3O4/c1-12-15(11-25)21(22-16(26-12)9-23(2,3)10-18(22)28)20-7-6-19(31-20)14-5-4-13(24)8-17(14)27(29)30/h4-8,21,26H,9-10H2,1-3H3/t21-/m0/s1. The monoisotopic (exact) mass is 437 g/mol. The number of halogens is 1. The van der Waals surface area contributed by atoms with Gasteiger partial charge >= 0.3 is 0 Å². The summed E-state index contributed by atoms with van der Waals surface area (Å²) in [7, 11) is 0. The van der Waals surface area contributed by atoms with Gasteiger partial charge in [-0.1, -0.05) is 25.4 Å². The summed E-state index contributed by atoms with van der Waals surface area (Å²) in [6.45, 7) is 5.87. The summed E-state index contributed by atoms with van der Waals surface area (Å²) in [6, 6.07) is 9.84. The molecule has 31 heavy (non-hydrogen) atoms. The molecule has 2 heterocycles. The maximum Gasteiger partial charge on any atom is 0.281 e. The summed E-state index contributed by atoms with van der Waals surface area (Å²) >= 11 is 5.92. The predicted octanol–water partition coefficient (Wildman–Crippen LogP) is 5.64. The third-order valence-corrected chi connectivity index (χ3v) is 5.93. The van der Waals surface area contributed by atoms with Crippen LogP contribution in [0.15, 0.2) is 57.3 Å². The molecule has 1 aromatic heterocycles. The minimum atomic E-state index is -0.648. The Morgan fingerprint density at radius 2 is 2.03 bits per heavy atom. The van der Waals surface area contributed by atoms with Crippen molar-refractivity contribution in [2.75, 3.05) is 0 Å². The molecule has 1 atom stereocenters. The van der Waals surface area contributed by atoms with Gasteiger partial charge in [-0.3, -0.25) is 14.9 Å². The Morgan fingerprint density at radius 1 is 1.29 bits per heavy atom. The van der Waals surface area contributed by atoms with Crippen LogP contribution in [0.5, 0.6) is 0 Å². The van der Waals surface area contributed by atoms with Crippen LogP contribution in [0.2, 0.25) is 5.02 Å². The second-order valence-corrected chi connectivity index (χ2v) is 9.10. The van der Waals surface area contributed by atoms with E-state index in [-0.39, 0.29) is 33.2 Å². The molecule has 1 aliphatic heterocycles. The summed E-state index contributed by atoms with van der Waals surface area (Å²) in [4.78, 5) is 24.0. The number of ketones is 1. The number of carbonyl (C=O) groups excluding carboxylic acids is 1. The second kappa shape index (κ2) is 7.40. The normalized spacial score (nSPS) is 20.2. The number of dihydropyridines is 1. The van der Waals surface area contributed by atoms with Crippen molar-refractivity contribution in [3.8, 4) is 17.4 Å². The molecular weight excluding hydrogens is 418 g/mol. The largest absolute Gasteiger partial charge is 0.460 e. The quantitative estimate of drug-likeness (QED) is 0.491. The van der Waals surface area contributed by atoms with Gasteiger partial charge < -0.3 is 9.73 Å². The van der Waals surface area contributed by atoms with E-state index >= 15 is 0 Å². The molecule has 2 aromatic rings. The van der Waals surface area contributed by atoms with E-state index in [0.717, 1.165) is 5.70 Å². The lowest BCUT2D eigenvalue weighted by molar-refractivity contribution is -0.384. The zero-order chi connectivity index (χ0) is 22.5. The van der Waals surface area contributed by atoms with Crippen molar-refractivity contribution in [1.82, 2.24) is 5.32 Å². The van der Waals surface area contributed by atoms with Crippen LogP contribution >= 0.6 is 11.6 Å². The number of nitrogens with zero attached hydrogens (tertiary/aromatic N) is 2. The molecule has 4 rings (SSSR count). The van der Waals surface area contributed by atoms with Crippen molar-refractivity contribution in [1.29, 1.82) is 5.26 Å². The number of nitro groups is 1. The van der Waals surface area contributed by atoms with Crippen LogP contribution in [0.4, 0.5) is 5.69 Å². The van der Waals surface area contributed by atoms with Crippen LogP contribution < -0.4 is 5.32 Å². The highest BCUT2D eigenvalue weighted by atomic mass is 35.5. The third-order valence-electron chi connectivity index (χ3n) is 5.69. The Kier molecular flexibility index (Phi) is 4.98. The first kappa shape index (κ1) is 20.9. The van der Waals surface area contributed by atoms with E-state index in [1.807, 2.05) is 13.8 Å². The fourth-order valence-electron chi connectivity index (χ4n) is 4.39. The molecule has 0 amide bonds. The lowest BCUT2D eigenvalue weighted by Gasteiger charge is -2.38. The molecule has 0 spiro atoms. The molecule has 0 unspecified atom stereocenters. The van der Waals surface area contributed by atoms with Crippen molar-refractivity contribution in [2.24, 2.45) is 5.41 Å². The Bertz CT molecular complexity index is 1230. The Balaban J connectivity index is 1.84. The number of nitrogens with one attached hydrogen (secondary N) is 1. The number of furan rings is 1. The van der Waals surface area contributed by atoms with Crippen LogP contribution in [0.1, 0.15) is 45.3 Å². The van der Waals surface area contributed by atoms with E-state index in [1.165, 1.54) is 12.1 Å². The Hall–Kier alpha value is -3.37. The van der Waals surface area contributed by atoms with E-state index < -0.39 is 10.8 Å². The molecule has 158 valence electrons. The van der Waals surface area contributed by atoms with Crippen molar-refractivity contribution in [3.05, 3.63) is 73.8 Å². The Labute approximate surface area is 184 Å². The molecule has 1 aromatic carbocycles. The molecule has 0 radical (unpaired) electrons. The molecule has 1 aliphatic carbocycles.